The van der Waals surface area contributed by atoms with E-state index in [1.54, 1.807) is 0 Å². The average molecular weight is 497 g/mol. The van der Waals surface area contributed by atoms with Crippen LogP contribution in [0, 0.1) is 0 Å². The van der Waals surface area contributed by atoms with Crippen molar-refractivity contribution in [2.24, 2.45) is 0 Å². The van der Waals surface area contributed by atoms with E-state index in [1.807, 2.05) is 6.92 Å². The van der Waals surface area contributed by atoms with Crippen molar-refractivity contribution in [1.29, 1.82) is 0 Å². The van der Waals surface area contributed by atoms with Gasteiger partial charge in [0.1, 0.15) is 10.5 Å². The smallest absolute Gasteiger partial charge is 1.00 e. The van der Waals surface area contributed by atoms with Crippen LogP contribution in [0.3, 0.4) is 0 Å². The SMILES string of the molecule is CCCCCCC(CC)(CCCCCC)OC(=O)c1ccc(C(=O)O)cc1S(=O)(=O)O.[H-].[K+]. The number of rotatable bonds is 15. The third kappa shape index (κ3) is 10.3. The molecule has 0 aromatic heterocycles. The number of aromatic carboxylic acids is 1. The molecule has 0 heterocycles. The molecule has 0 saturated carbocycles. The van der Waals surface area contributed by atoms with Gasteiger partial charge in [0.25, 0.3) is 10.1 Å². The van der Waals surface area contributed by atoms with Crippen LogP contribution in [0.2, 0.25) is 0 Å². The molecule has 0 aliphatic carbocycles. The molecule has 9 heteroatoms. The molecule has 0 aliphatic rings. The van der Waals surface area contributed by atoms with Gasteiger partial charge in [-0.2, -0.15) is 8.42 Å². The predicted octanol–water partition coefficient (Wildman–Crippen LogP) is 2.99. The molecule has 0 amide bonds. The quantitative estimate of drug-likeness (QED) is 0.166. The molecule has 0 aliphatic heterocycles. The first-order valence-corrected chi connectivity index (χ1v) is 12.6. The first-order valence-electron chi connectivity index (χ1n) is 11.2. The van der Waals surface area contributed by atoms with Crippen LogP contribution in [0.1, 0.15) is 114 Å². The molecule has 32 heavy (non-hydrogen) atoms. The van der Waals surface area contributed by atoms with E-state index in [0.29, 0.717) is 19.3 Å². The Labute approximate surface area is 236 Å². The fourth-order valence-electron chi connectivity index (χ4n) is 3.69. The molecule has 7 nitrogen and oxygen atoms in total. The molecule has 1 rings (SSSR count). The van der Waals surface area contributed by atoms with Gasteiger partial charge >= 0.3 is 63.3 Å². The van der Waals surface area contributed by atoms with Crippen LogP contribution in [0.25, 0.3) is 0 Å². The van der Waals surface area contributed by atoms with Crippen LogP contribution >= 0.6 is 0 Å². The normalized spacial score (nSPS) is 11.6. The van der Waals surface area contributed by atoms with E-state index in [0.717, 1.165) is 69.6 Å². The summed E-state index contributed by atoms with van der Waals surface area (Å²) in [5.74, 6) is -2.23. The number of unbranched alkanes of at least 4 members (excludes halogenated alkanes) is 6. The summed E-state index contributed by atoms with van der Waals surface area (Å²) in [5.41, 5.74) is -1.42. The summed E-state index contributed by atoms with van der Waals surface area (Å²) in [6, 6.07) is 3.00. The maximum atomic E-state index is 13.0. The van der Waals surface area contributed by atoms with E-state index in [9.17, 15) is 22.6 Å². The minimum Gasteiger partial charge on any atom is -1.00 e. The molecule has 0 bridgehead atoms. The van der Waals surface area contributed by atoms with Crippen molar-refractivity contribution in [2.45, 2.75) is 102 Å². The van der Waals surface area contributed by atoms with Crippen molar-refractivity contribution in [1.82, 2.24) is 0 Å². The van der Waals surface area contributed by atoms with E-state index in [-0.39, 0.29) is 63.9 Å². The molecular weight excluding hydrogens is 459 g/mol. The minimum absolute atomic E-state index is 0. The number of hydrogen-bond acceptors (Lipinski definition) is 5. The number of carbonyl (C=O) groups excluding carboxylic acids is 1. The maximum absolute atomic E-state index is 13.0. The summed E-state index contributed by atoms with van der Waals surface area (Å²) >= 11 is 0. The Hall–Kier alpha value is -0.294. The molecule has 2 N–H and O–H groups in total. The first-order chi connectivity index (χ1) is 14.6. The molecule has 0 fully saturated rings. The van der Waals surface area contributed by atoms with Gasteiger partial charge in [-0.15, -0.1) is 0 Å². The van der Waals surface area contributed by atoms with Gasteiger partial charge in [-0.1, -0.05) is 59.3 Å². The number of esters is 1. The van der Waals surface area contributed by atoms with E-state index >= 15 is 0 Å². The van der Waals surface area contributed by atoms with Crippen molar-refractivity contribution < 1.29 is 85.2 Å². The van der Waals surface area contributed by atoms with Gasteiger partial charge in [0, 0.05) is 0 Å². The third-order valence-electron chi connectivity index (χ3n) is 5.65. The van der Waals surface area contributed by atoms with Gasteiger partial charge in [-0.25, -0.2) is 9.59 Å². The molecule has 0 atom stereocenters. The summed E-state index contributed by atoms with van der Waals surface area (Å²) in [5, 5.41) is 9.12. The Kier molecular flexibility index (Phi) is 15.4. The van der Waals surface area contributed by atoms with Crippen molar-refractivity contribution in [3.63, 3.8) is 0 Å². The van der Waals surface area contributed by atoms with Crippen LogP contribution in [-0.2, 0) is 14.9 Å². The average Bonchev–Trinajstić information content (AvgIpc) is 2.72. The fraction of sp³-hybridized carbons (Fsp3) is 0.652. The van der Waals surface area contributed by atoms with Crippen molar-refractivity contribution in [3.05, 3.63) is 29.3 Å². The van der Waals surface area contributed by atoms with Crippen LogP contribution in [-0.4, -0.2) is 35.6 Å². The van der Waals surface area contributed by atoms with Crippen molar-refractivity contribution in [2.75, 3.05) is 0 Å². The molecule has 1 aromatic carbocycles. The van der Waals surface area contributed by atoms with Crippen molar-refractivity contribution in [3.8, 4) is 0 Å². The summed E-state index contributed by atoms with van der Waals surface area (Å²) in [7, 11) is -4.81. The first kappa shape index (κ1) is 31.7. The molecule has 0 spiro atoms. The summed E-state index contributed by atoms with van der Waals surface area (Å²) < 4.78 is 39.1. The number of ether oxygens (including phenoxy) is 1. The zero-order valence-electron chi connectivity index (χ0n) is 20.9. The predicted molar refractivity (Wildman–Crippen MR) is 120 cm³/mol. The van der Waals surface area contributed by atoms with Gasteiger partial charge in [-0.3, -0.25) is 4.55 Å². The fourth-order valence-corrected chi connectivity index (χ4v) is 4.39. The molecule has 0 saturated heterocycles. The van der Waals surface area contributed by atoms with E-state index in [2.05, 4.69) is 13.8 Å². The second-order valence-electron chi connectivity index (χ2n) is 8.04. The Morgan fingerprint density at radius 2 is 1.50 bits per heavy atom. The Morgan fingerprint density at radius 3 is 1.91 bits per heavy atom. The van der Waals surface area contributed by atoms with Gasteiger partial charge in [0.05, 0.1) is 11.1 Å². The van der Waals surface area contributed by atoms with Gasteiger partial charge in [-0.05, 0) is 50.3 Å². The van der Waals surface area contributed by atoms with Gasteiger partial charge < -0.3 is 11.3 Å². The Balaban J connectivity index is 0. The van der Waals surface area contributed by atoms with E-state index < -0.39 is 32.6 Å². The second kappa shape index (κ2) is 15.6. The minimum atomic E-state index is -4.81. The monoisotopic (exact) mass is 496 g/mol. The Morgan fingerprint density at radius 1 is 0.969 bits per heavy atom. The largest absolute Gasteiger partial charge is 1.00 e. The number of carboxylic acid groups (broad SMARTS) is 1. The summed E-state index contributed by atoms with van der Waals surface area (Å²) in [4.78, 5) is 23.4. The molecule has 178 valence electrons. The van der Waals surface area contributed by atoms with Crippen LogP contribution in [0.5, 0.6) is 0 Å². The molecule has 0 unspecified atom stereocenters. The summed E-state index contributed by atoms with van der Waals surface area (Å²) in [6.07, 6.45) is 10.1. The van der Waals surface area contributed by atoms with Crippen LogP contribution in [0.4, 0.5) is 0 Å². The number of carbonyl (C=O) groups is 2. The van der Waals surface area contributed by atoms with Gasteiger partial charge in [0.15, 0.2) is 0 Å². The maximum Gasteiger partial charge on any atom is 1.00 e. The van der Waals surface area contributed by atoms with Crippen molar-refractivity contribution >= 4 is 22.1 Å². The zero-order chi connectivity index (χ0) is 23.5. The third-order valence-corrected chi connectivity index (χ3v) is 6.55. The van der Waals surface area contributed by atoms with E-state index in [4.69, 9.17) is 9.84 Å². The number of benzene rings is 1. The van der Waals surface area contributed by atoms with E-state index in [1.165, 1.54) is 0 Å². The molecular formula is C23H37KO7S. The van der Waals surface area contributed by atoms with Gasteiger partial charge in [0.2, 0.25) is 0 Å². The number of hydrogen-bond donors (Lipinski definition) is 2. The Bertz CT molecular complexity index is 831. The number of carboxylic acids is 1. The second-order valence-corrected chi connectivity index (χ2v) is 9.43. The standard InChI is InChI=1S/C23H36O7S.K.H/c1-4-7-9-11-15-23(6-3,16-12-10-8-5-2)30-22(26)19-14-13-18(21(24)25)17-20(19)31(27,28)29;;/h13-14,17H,4-12,15-16H2,1-3H3,(H,24,25)(H,27,28,29);;/q;+1;-1. The topological polar surface area (TPSA) is 118 Å². The van der Waals surface area contributed by atoms with Crippen LogP contribution in [0.15, 0.2) is 23.1 Å². The molecule has 1 aromatic rings. The summed E-state index contributed by atoms with van der Waals surface area (Å²) in [6.45, 7) is 6.19. The zero-order valence-corrected chi connectivity index (χ0v) is 23.8. The van der Waals surface area contributed by atoms with Crippen LogP contribution < -0.4 is 51.4 Å². The molecule has 0 radical (unpaired) electrons.